The molecule has 2 heterocycles. The van der Waals surface area contributed by atoms with Crippen molar-refractivity contribution in [2.45, 2.75) is 6.42 Å². The molecule has 1 aromatic heterocycles. The first kappa shape index (κ1) is 16.6. The van der Waals surface area contributed by atoms with Crippen molar-refractivity contribution in [2.24, 2.45) is 0 Å². The molecule has 0 fully saturated rings. The number of benzene rings is 2. The van der Waals surface area contributed by atoms with Crippen LogP contribution < -0.4 is 10.1 Å². The fourth-order valence-corrected chi connectivity index (χ4v) is 4.11. The second-order valence-corrected chi connectivity index (χ2v) is 7.87. The number of thiazole rings is 1. The topological polar surface area (TPSA) is 51.2 Å². The number of carbonyl (C=O) groups is 1. The Labute approximate surface area is 161 Å². The van der Waals surface area contributed by atoms with Gasteiger partial charge in [0.2, 0.25) is 0 Å². The lowest BCUT2D eigenvalue weighted by atomic mass is 10.1. The van der Waals surface area contributed by atoms with Gasteiger partial charge in [0.1, 0.15) is 5.75 Å². The molecular formula is C18H12BrClN2O2S. The Hall–Kier alpha value is -1.89. The van der Waals surface area contributed by atoms with Crippen molar-refractivity contribution in [3.8, 4) is 17.0 Å². The lowest BCUT2D eigenvalue weighted by molar-refractivity contribution is 0.102. The monoisotopic (exact) mass is 434 g/mol. The third-order valence-corrected chi connectivity index (χ3v) is 5.74. The highest BCUT2D eigenvalue weighted by Crippen LogP contribution is 2.39. The van der Waals surface area contributed by atoms with Crippen LogP contribution in [-0.2, 0) is 6.42 Å². The number of ether oxygens (including phenoxy) is 1. The molecule has 3 aromatic rings. The average Bonchev–Trinajstić information content (AvgIpc) is 2.94. The Kier molecular flexibility index (Phi) is 4.50. The van der Waals surface area contributed by atoms with E-state index in [9.17, 15) is 4.79 Å². The van der Waals surface area contributed by atoms with Gasteiger partial charge >= 0.3 is 0 Å². The summed E-state index contributed by atoms with van der Waals surface area (Å²) in [6.07, 6.45) is 0.721. The summed E-state index contributed by atoms with van der Waals surface area (Å²) in [7, 11) is 0. The summed E-state index contributed by atoms with van der Waals surface area (Å²) in [5.41, 5.74) is 2.30. The quantitative estimate of drug-likeness (QED) is 0.585. The normalized spacial score (nSPS) is 12.6. The molecule has 0 spiro atoms. The van der Waals surface area contributed by atoms with Crippen LogP contribution in [0.25, 0.3) is 11.3 Å². The van der Waals surface area contributed by atoms with Gasteiger partial charge in [-0.3, -0.25) is 4.79 Å². The molecular weight excluding hydrogens is 424 g/mol. The molecule has 2 aromatic carbocycles. The largest absolute Gasteiger partial charge is 0.492 e. The van der Waals surface area contributed by atoms with Gasteiger partial charge in [-0.05, 0) is 30.3 Å². The molecule has 0 aliphatic carbocycles. The maximum absolute atomic E-state index is 12.6. The number of aromatic nitrogens is 1. The molecule has 0 bridgehead atoms. The maximum Gasteiger partial charge on any atom is 0.284 e. The summed E-state index contributed by atoms with van der Waals surface area (Å²) >= 11 is 11.0. The standard InChI is InChI=1S/C18H12BrClN2O2S/c19-10-5-6-11-14(9-10)24-8-7-15-16(11)22-18(25-15)17(23)21-13-4-2-1-3-12(13)20/h1-6,9H,7-8H2,(H,21,23). The maximum atomic E-state index is 12.6. The van der Waals surface area contributed by atoms with E-state index in [2.05, 4.69) is 26.2 Å². The van der Waals surface area contributed by atoms with Crippen LogP contribution >= 0.6 is 38.9 Å². The Morgan fingerprint density at radius 3 is 2.96 bits per heavy atom. The van der Waals surface area contributed by atoms with Gasteiger partial charge in [0.15, 0.2) is 5.01 Å². The smallest absolute Gasteiger partial charge is 0.284 e. The number of para-hydroxylation sites is 1. The van der Waals surface area contributed by atoms with E-state index in [1.807, 2.05) is 30.3 Å². The van der Waals surface area contributed by atoms with Crippen LogP contribution in [-0.4, -0.2) is 17.5 Å². The molecule has 1 aliphatic rings. The fraction of sp³-hybridized carbons (Fsp3) is 0.111. The number of nitrogens with one attached hydrogen (secondary N) is 1. The summed E-state index contributed by atoms with van der Waals surface area (Å²) in [5, 5.41) is 3.74. The highest BCUT2D eigenvalue weighted by atomic mass is 79.9. The number of rotatable bonds is 2. The van der Waals surface area contributed by atoms with E-state index in [-0.39, 0.29) is 5.91 Å². The van der Waals surface area contributed by atoms with Crippen molar-refractivity contribution >= 4 is 50.5 Å². The van der Waals surface area contributed by atoms with E-state index in [1.165, 1.54) is 11.3 Å². The number of halogens is 2. The predicted molar refractivity (Wildman–Crippen MR) is 104 cm³/mol. The SMILES string of the molecule is O=C(Nc1ccccc1Cl)c1nc2c(s1)CCOc1cc(Br)ccc1-2. The summed E-state index contributed by atoms with van der Waals surface area (Å²) in [6, 6.07) is 13.0. The fourth-order valence-electron chi connectivity index (χ4n) is 2.63. The molecule has 126 valence electrons. The third kappa shape index (κ3) is 3.29. The molecule has 0 atom stereocenters. The van der Waals surface area contributed by atoms with Gasteiger partial charge in [0.05, 0.1) is 23.0 Å². The molecule has 0 saturated carbocycles. The Balaban J connectivity index is 1.69. The van der Waals surface area contributed by atoms with Gasteiger partial charge in [-0.2, -0.15) is 0 Å². The second-order valence-electron chi connectivity index (χ2n) is 5.46. The zero-order valence-electron chi connectivity index (χ0n) is 12.9. The number of fused-ring (bicyclic) bond motifs is 3. The lowest BCUT2D eigenvalue weighted by Crippen LogP contribution is -2.11. The number of carbonyl (C=O) groups excluding carboxylic acids is 1. The lowest BCUT2D eigenvalue weighted by Gasteiger charge is -2.07. The van der Waals surface area contributed by atoms with E-state index >= 15 is 0 Å². The zero-order chi connectivity index (χ0) is 17.4. The molecule has 0 unspecified atom stereocenters. The van der Waals surface area contributed by atoms with Gasteiger partial charge < -0.3 is 10.1 Å². The van der Waals surface area contributed by atoms with Crippen molar-refractivity contribution in [3.63, 3.8) is 0 Å². The van der Waals surface area contributed by atoms with Gasteiger partial charge in [0, 0.05) is 21.3 Å². The summed E-state index contributed by atoms with van der Waals surface area (Å²) < 4.78 is 6.75. The number of amides is 1. The molecule has 0 radical (unpaired) electrons. The molecule has 25 heavy (non-hydrogen) atoms. The highest BCUT2D eigenvalue weighted by molar-refractivity contribution is 9.10. The van der Waals surface area contributed by atoms with E-state index in [4.69, 9.17) is 16.3 Å². The minimum absolute atomic E-state index is 0.259. The number of nitrogens with zero attached hydrogens (tertiary/aromatic N) is 1. The van der Waals surface area contributed by atoms with E-state index in [0.717, 1.165) is 32.8 Å². The van der Waals surface area contributed by atoms with Crippen LogP contribution in [0.5, 0.6) is 5.75 Å². The second kappa shape index (κ2) is 6.78. The third-order valence-electron chi connectivity index (χ3n) is 3.80. The first-order valence-electron chi connectivity index (χ1n) is 7.60. The van der Waals surface area contributed by atoms with Crippen LogP contribution in [0.3, 0.4) is 0 Å². The molecule has 1 amide bonds. The predicted octanol–water partition coefficient (Wildman–Crippen LogP) is 5.41. The molecule has 7 heteroatoms. The van der Waals surface area contributed by atoms with Gasteiger partial charge in [-0.1, -0.05) is 39.7 Å². The number of hydrogen-bond donors (Lipinski definition) is 1. The van der Waals surface area contributed by atoms with Crippen LogP contribution in [0, 0.1) is 0 Å². The molecule has 4 rings (SSSR count). The van der Waals surface area contributed by atoms with Gasteiger partial charge in [-0.25, -0.2) is 4.98 Å². The van der Waals surface area contributed by atoms with Crippen molar-refractivity contribution in [1.29, 1.82) is 0 Å². The highest BCUT2D eigenvalue weighted by Gasteiger charge is 2.23. The number of hydrogen-bond acceptors (Lipinski definition) is 4. The Morgan fingerprint density at radius 2 is 2.12 bits per heavy atom. The Morgan fingerprint density at radius 1 is 1.28 bits per heavy atom. The minimum Gasteiger partial charge on any atom is -0.492 e. The van der Waals surface area contributed by atoms with Crippen molar-refractivity contribution < 1.29 is 9.53 Å². The Bertz CT molecular complexity index is 973. The first-order valence-corrected chi connectivity index (χ1v) is 9.59. The minimum atomic E-state index is -0.259. The van der Waals surface area contributed by atoms with Gasteiger partial charge in [-0.15, -0.1) is 11.3 Å². The molecule has 4 nitrogen and oxygen atoms in total. The van der Waals surface area contributed by atoms with E-state index in [0.29, 0.717) is 22.3 Å². The van der Waals surface area contributed by atoms with Crippen molar-refractivity contribution in [3.05, 3.63) is 61.8 Å². The average molecular weight is 436 g/mol. The molecule has 1 N–H and O–H groups in total. The number of anilines is 1. The summed E-state index contributed by atoms with van der Waals surface area (Å²) in [5.74, 6) is 0.516. The zero-order valence-corrected chi connectivity index (χ0v) is 16.0. The van der Waals surface area contributed by atoms with Gasteiger partial charge in [0.25, 0.3) is 5.91 Å². The molecule has 1 aliphatic heterocycles. The van der Waals surface area contributed by atoms with Crippen LogP contribution in [0.4, 0.5) is 5.69 Å². The van der Waals surface area contributed by atoms with E-state index < -0.39 is 0 Å². The summed E-state index contributed by atoms with van der Waals surface area (Å²) in [6.45, 7) is 0.560. The van der Waals surface area contributed by atoms with Crippen molar-refractivity contribution in [2.75, 3.05) is 11.9 Å². The molecule has 0 saturated heterocycles. The van der Waals surface area contributed by atoms with Crippen LogP contribution in [0.15, 0.2) is 46.9 Å². The van der Waals surface area contributed by atoms with Crippen LogP contribution in [0.1, 0.15) is 14.7 Å². The van der Waals surface area contributed by atoms with Crippen molar-refractivity contribution in [1.82, 2.24) is 4.98 Å². The van der Waals surface area contributed by atoms with E-state index in [1.54, 1.807) is 12.1 Å². The van der Waals surface area contributed by atoms with Crippen LogP contribution in [0.2, 0.25) is 5.02 Å². The first-order chi connectivity index (χ1) is 12.1. The summed E-state index contributed by atoms with van der Waals surface area (Å²) in [4.78, 5) is 18.2.